The van der Waals surface area contributed by atoms with E-state index in [-0.39, 0.29) is 0 Å². The van der Waals surface area contributed by atoms with Gasteiger partial charge in [0, 0.05) is 12.7 Å². The predicted octanol–water partition coefficient (Wildman–Crippen LogP) is -1.53. The summed E-state index contributed by atoms with van der Waals surface area (Å²) in [6, 6.07) is -1.56. The molecule has 17 heavy (non-hydrogen) atoms. The van der Waals surface area contributed by atoms with Crippen LogP contribution in [0.25, 0.3) is 0 Å². The molecule has 0 aliphatic rings. The van der Waals surface area contributed by atoms with Crippen molar-refractivity contribution in [2.45, 2.75) is 18.9 Å². The monoisotopic (exact) mass is 267 g/mol. The van der Waals surface area contributed by atoms with Gasteiger partial charge in [-0.1, -0.05) is 0 Å². The largest absolute Gasteiger partial charge is 0.481 e. The second kappa shape index (κ2) is 6.18. The third-order valence-corrected chi connectivity index (χ3v) is 2.66. The Bertz CT molecular complexity index is 414. The molecular formula is C8H13NO7S. The van der Waals surface area contributed by atoms with E-state index >= 15 is 0 Å². The van der Waals surface area contributed by atoms with Crippen molar-refractivity contribution in [2.75, 3.05) is 12.0 Å². The third kappa shape index (κ3) is 8.20. The van der Waals surface area contributed by atoms with Crippen LogP contribution in [-0.4, -0.2) is 54.5 Å². The van der Waals surface area contributed by atoms with E-state index in [1.165, 1.54) is 0 Å². The van der Waals surface area contributed by atoms with Gasteiger partial charge in [0.05, 0.1) is 12.2 Å². The smallest absolute Gasteiger partial charge is 0.326 e. The Morgan fingerprint density at radius 3 is 2.12 bits per heavy atom. The number of hydrogen-bond acceptors (Lipinski definition) is 5. The maximum absolute atomic E-state index is 11.2. The number of amides is 1. The van der Waals surface area contributed by atoms with Gasteiger partial charge in [-0.3, -0.25) is 9.59 Å². The van der Waals surface area contributed by atoms with Gasteiger partial charge in [-0.25, -0.2) is 13.2 Å². The molecule has 0 unspecified atom stereocenters. The van der Waals surface area contributed by atoms with E-state index in [4.69, 9.17) is 10.2 Å². The van der Waals surface area contributed by atoms with Crippen molar-refractivity contribution in [1.82, 2.24) is 5.32 Å². The van der Waals surface area contributed by atoms with Gasteiger partial charge in [-0.05, 0) is 0 Å². The van der Waals surface area contributed by atoms with Crippen molar-refractivity contribution in [2.24, 2.45) is 0 Å². The number of carbonyl (C=O) groups is 3. The fourth-order valence-corrected chi connectivity index (χ4v) is 1.48. The lowest BCUT2D eigenvalue weighted by Gasteiger charge is -2.11. The Morgan fingerprint density at radius 2 is 1.76 bits per heavy atom. The number of sulfone groups is 1. The lowest BCUT2D eigenvalue weighted by molar-refractivity contribution is -0.147. The van der Waals surface area contributed by atoms with E-state index in [0.717, 1.165) is 6.26 Å². The Hall–Kier alpha value is -1.64. The van der Waals surface area contributed by atoms with Gasteiger partial charge in [0.1, 0.15) is 15.9 Å². The van der Waals surface area contributed by atoms with Gasteiger partial charge < -0.3 is 15.5 Å². The quantitative estimate of drug-likeness (QED) is 0.508. The highest BCUT2D eigenvalue weighted by atomic mass is 32.2. The number of nitrogens with one attached hydrogen (secondary N) is 1. The molecule has 0 aromatic heterocycles. The fraction of sp³-hybridized carbons (Fsp3) is 0.625. The Kier molecular flexibility index (Phi) is 5.59. The first kappa shape index (κ1) is 15.4. The van der Waals surface area contributed by atoms with Gasteiger partial charge in [0.15, 0.2) is 0 Å². The summed E-state index contributed by atoms with van der Waals surface area (Å²) in [4.78, 5) is 32.0. The van der Waals surface area contributed by atoms with E-state index in [1.807, 2.05) is 5.32 Å². The normalized spacial score (nSPS) is 12.8. The number of carboxylic acids is 2. The van der Waals surface area contributed by atoms with Crippen LogP contribution in [0.5, 0.6) is 0 Å². The van der Waals surface area contributed by atoms with Crippen molar-refractivity contribution < 1.29 is 33.0 Å². The van der Waals surface area contributed by atoms with Crippen LogP contribution >= 0.6 is 0 Å². The summed E-state index contributed by atoms with van der Waals surface area (Å²) in [5, 5.41) is 18.9. The molecule has 0 heterocycles. The highest BCUT2D eigenvalue weighted by Crippen LogP contribution is 1.95. The minimum Gasteiger partial charge on any atom is -0.481 e. The van der Waals surface area contributed by atoms with E-state index in [9.17, 15) is 22.8 Å². The SMILES string of the molecule is CS(=O)(=O)CCC(=O)N[C@H](CC(=O)O)C(=O)O. The summed E-state index contributed by atoms with van der Waals surface area (Å²) < 4.78 is 21.5. The third-order valence-electron chi connectivity index (χ3n) is 1.71. The second-order valence-corrected chi connectivity index (χ2v) is 5.70. The lowest BCUT2D eigenvalue weighted by atomic mass is 10.2. The zero-order valence-corrected chi connectivity index (χ0v) is 9.86. The van der Waals surface area contributed by atoms with Gasteiger partial charge >= 0.3 is 11.9 Å². The van der Waals surface area contributed by atoms with Crippen LogP contribution in [0.2, 0.25) is 0 Å². The van der Waals surface area contributed by atoms with Gasteiger partial charge in [0.2, 0.25) is 5.91 Å². The molecule has 0 spiro atoms. The molecule has 0 saturated heterocycles. The Morgan fingerprint density at radius 1 is 1.24 bits per heavy atom. The molecule has 0 radical (unpaired) electrons. The summed E-state index contributed by atoms with van der Waals surface area (Å²) in [6.45, 7) is 0. The molecule has 9 heteroatoms. The van der Waals surface area contributed by atoms with Gasteiger partial charge in [-0.2, -0.15) is 0 Å². The molecule has 0 bridgehead atoms. The molecular weight excluding hydrogens is 254 g/mol. The molecule has 1 amide bonds. The number of aliphatic carboxylic acids is 2. The summed E-state index contributed by atoms with van der Waals surface area (Å²) in [7, 11) is -3.32. The number of carbonyl (C=O) groups excluding carboxylic acids is 1. The molecule has 0 fully saturated rings. The summed E-state index contributed by atoms with van der Waals surface area (Å²) in [6.07, 6.45) is -0.228. The predicted molar refractivity (Wildman–Crippen MR) is 56.1 cm³/mol. The van der Waals surface area contributed by atoms with Crippen LogP contribution in [0.4, 0.5) is 0 Å². The maximum Gasteiger partial charge on any atom is 0.326 e. The first-order valence-electron chi connectivity index (χ1n) is 4.53. The number of rotatable bonds is 7. The van der Waals surface area contributed by atoms with Crippen LogP contribution < -0.4 is 5.32 Å². The molecule has 8 nitrogen and oxygen atoms in total. The van der Waals surface area contributed by atoms with E-state index in [2.05, 4.69) is 0 Å². The minimum atomic E-state index is -3.32. The molecule has 1 atom stereocenters. The maximum atomic E-state index is 11.2. The highest BCUT2D eigenvalue weighted by Gasteiger charge is 2.23. The van der Waals surface area contributed by atoms with E-state index in [0.29, 0.717) is 0 Å². The molecule has 0 aromatic carbocycles. The van der Waals surface area contributed by atoms with Gasteiger partial charge in [-0.15, -0.1) is 0 Å². The second-order valence-electron chi connectivity index (χ2n) is 3.44. The molecule has 0 rings (SSSR count). The Balaban J connectivity index is 4.32. The first-order chi connectivity index (χ1) is 7.61. The fourth-order valence-electron chi connectivity index (χ4n) is 0.919. The Labute approximate surface area is 97.5 Å². The zero-order chi connectivity index (χ0) is 13.6. The standard InChI is InChI=1S/C8H13NO7S/c1-17(15,16)3-2-6(10)9-5(8(13)14)4-7(11)12/h5H,2-4H2,1H3,(H,9,10)(H,11,12)(H,13,14)/t5-/m1/s1. The lowest BCUT2D eigenvalue weighted by Crippen LogP contribution is -2.42. The molecule has 0 aliphatic carbocycles. The van der Waals surface area contributed by atoms with Crippen molar-refractivity contribution >= 4 is 27.7 Å². The van der Waals surface area contributed by atoms with Crippen molar-refractivity contribution in [3.05, 3.63) is 0 Å². The minimum absolute atomic E-state index is 0.401. The van der Waals surface area contributed by atoms with Crippen molar-refractivity contribution in [3.8, 4) is 0 Å². The summed E-state index contributed by atoms with van der Waals surface area (Å²) in [5.74, 6) is -4.09. The average molecular weight is 267 g/mol. The van der Waals surface area contributed by atoms with Crippen LogP contribution in [-0.2, 0) is 24.2 Å². The summed E-state index contributed by atoms with van der Waals surface area (Å²) >= 11 is 0. The van der Waals surface area contributed by atoms with Crippen LogP contribution in [0.15, 0.2) is 0 Å². The first-order valence-corrected chi connectivity index (χ1v) is 6.59. The van der Waals surface area contributed by atoms with Crippen molar-refractivity contribution in [1.29, 1.82) is 0 Å². The van der Waals surface area contributed by atoms with Gasteiger partial charge in [0.25, 0.3) is 0 Å². The van der Waals surface area contributed by atoms with Crippen LogP contribution in [0.1, 0.15) is 12.8 Å². The van der Waals surface area contributed by atoms with E-state index < -0.39 is 52.3 Å². The molecule has 0 aromatic rings. The average Bonchev–Trinajstić information content (AvgIpc) is 2.11. The van der Waals surface area contributed by atoms with E-state index in [1.54, 1.807) is 0 Å². The van der Waals surface area contributed by atoms with Crippen molar-refractivity contribution in [3.63, 3.8) is 0 Å². The van der Waals surface area contributed by atoms with Crippen LogP contribution in [0.3, 0.4) is 0 Å². The highest BCUT2D eigenvalue weighted by molar-refractivity contribution is 7.90. The molecule has 0 aliphatic heterocycles. The topological polar surface area (TPSA) is 138 Å². The molecule has 3 N–H and O–H groups in total. The molecule has 0 saturated carbocycles. The number of hydrogen-bond donors (Lipinski definition) is 3. The summed E-state index contributed by atoms with van der Waals surface area (Å²) in [5.41, 5.74) is 0. The number of carboxylic acid groups (broad SMARTS) is 2. The van der Waals surface area contributed by atoms with Crippen LogP contribution in [0, 0.1) is 0 Å². The molecule has 98 valence electrons. The zero-order valence-electron chi connectivity index (χ0n) is 9.04.